The predicted molar refractivity (Wildman–Crippen MR) is 61.0 cm³/mol. The van der Waals surface area contributed by atoms with E-state index in [0.29, 0.717) is 6.54 Å². The van der Waals surface area contributed by atoms with Crippen LogP contribution in [0.1, 0.15) is 16.0 Å². The van der Waals surface area contributed by atoms with Crippen LogP contribution in [-0.4, -0.2) is 16.7 Å². The summed E-state index contributed by atoms with van der Waals surface area (Å²) < 4.78 is 6.25. The van der Waals surface area contributed by atoms with Crippen LogP contribution in [0.15, 0.2) is 27.2 Å². The summed E-state index contributed by atoms with van der Waals surface area (Å²) in [6.45, 7) is 2.46. The van der Waals surface area contributed by atoms with Gasteiger partial charge in [0.05, 0.1) is 11.5 Å². The summed E-state index contributed by atoms with van der Waals surface area (Å²) in [5.41, 5.74) is 5.69. The second-order valence-electron chi connectivity index (χ2n) is 2.94. The monoisotopic (exact) mass is 241 g/mol. The Hall–Kier alpha value is -0.850. The van der Waals surface area contributed by atoms with Crippen molar-refractivity contribution in [3.05, 3.63) is 29.2 Å². The largest absolute Gasteiger partial charge is 0.468 e. The molecule has 2 N–H and O–H groups in total. The summed E-state index contributed by atoms with van der Waals surface area (Å²) in [5.74, 6) is 0.885. The van der Waals surface area contributed by atoms with Crippen LogP contribution >= 0.6 is 23.1 Å². The molecule has 0 fully saturated rings. The maximum atomic E-state index is 5.69. The van der Waals surface area contributed by atoms with E-state index in [1.165, 1.54) is 0 Å². The molecular formula is C9H11N3OS2. The second kappa shape index (κ2) is 4.78. The molecule has 0 amide bonds. The second-order valence-corrected chi connectivity index (χ2v) is 5.58. The first-order valence-electron chi connectivity index (χ1n) is 4.50. The van der Waals surface area contributed by atoms with Gasteiger partial charge in [-0.15, -0.1) is 10.2 Å². The van der Waals surface area contributed by atoms with Crippen molar-refractivity contribution in [2.75, 3.05) is 6.54 Å². The Kier molecular flexibility index (Phi) is 3.40. The van der Waals surface area contributed by atoms with Crippen LogP contribution < -0.4 is 5.73 Å². The van der Waals surface area contributed by atoms with Crippen LogP contribution in [0.25, 0.3) is 0 Å². The van der Waals surface area contributed by atoms with Crippen molar-refractivity contribution >= 4 is 23.1 Å². The molecule has 80 valence electrons. The van der Waals surface area contributed by atoms with Crippen LogP contribution in [0.4, 0.5) is 0 Å². The zero-order valence-corrected chi connectivity index (χ0v) is 9.85. The molecule has 0 saturated carbocycles. The van der Waals surface area contributed by atoms with Crippen molar-refractivity contribution in [2.24, 2.45) is 5.73 Å². The maximum absolute atomic E-state index is 5.69. The molecule has 1 unspecified atom stereocenters. The van der Waals surface area contributed by atoms with E-state index < -0.39 is 0 Å². The molecule has 2 heterocycles. The van der Waals surface area contributed by atoms with E-state index in [9.17, 15) is 0 Å². The first-order chi connectivity index (χ1) is 7.29. The minimum absolute atomic E-state index is 0.118. The highest BCUT2D eigenvalue weighted by Crippen LogP contribution is 2.35. The Balaban J connectivity index is 2.09. The first-order valence-corrected chi connectivity index (χ1v) is 6.19. The normalized spacial score (nSPS) is 12.9. The topological polar surface area (TPSA) is 64.9 Å². The van der Waals surface area contributed by atoms with Gasteiger partial charge in [0.15, 0.2) is 4.34 Å². The molecule has 0 aliphatic heterocycles. The van der Waals surface area contributed by atoms with Crippen molar-refractivity contribution in [1.29, 1.82) is 0 Å². The van der Waals surface area contributed by atoms with E-state index in [1.807, 2.05) is 19.1 Å². The average Bonchev–Trinajstić information content (AvgIpc) is 2.85. The third-order valence-corrected chi connectivity index (χ3v) is 3.99. The van der Waals surface area contributed by atoms with Gasteiger partial charge >= 0.3 is 0 Å². The Bertz CT molecular complexity index is 413. The molecule has 0 aromatic carbocycles. The maximum Gasteiger partial charge on any atom is 0.175 e. The number of aryl methyl sites for hydroxylation is 1. The quantitative estimate of drug-likeness (QED) is 0.831. The Morgan fingerprint density at radius 2 is 2.47 bits per heavy atom. The summed E-state index contributed by atoms with van der Waals surface area (Å²) in [7, 11) is 0. The number of thioether (sulfide) groups is 1. The fourth-order valence-corrected chi connectivity index (χ4v) is 3.14. The van der Waals surface area contributed by atoms with Gasteiger partial charge in [0, 0.05) is 6.54 Å². The summed E-state index contributed by atoms with van der Waals surface area (Å²) in [4.78, 5) is 0. The van der Waals surface area contributed by atoms with Crippen molar-refractivity contribution in [1.82, 2.24) is 10.2 Å². The third-order valence-electron chi connectivity index (χ3n) is 1.83. The number of aromatic nitrogens is 2. The Morgan fingerprint density at radius 1 is 1.60 bits per heavy atom. The number of furan rings is 1. The highest BCUT2D eigenvalue weighted by Gasteiger charge is 2.16. The number of hydrogen-bond acceptors (Lipinski definition) is 6. The lowest BCUT2D eigenvalue weighted by molar-refractivity contribution is 0.507. The van der Waals surface area contributed by atoms with Crippen molar-refractivity contribution < 1.29 is 4.42 Å². The van der Waals surface area contributed by atoms with E-state index in [2.05, 4.69) is 10.2 Å². The summed E-state index contributed by atoms with van der Waals surface area (Å²) in [6, 6.07) is 3.79. The van der Waals surface area contributed by atoms with E-state index in [0.717, 1.165) is 15.1 Å². The van der Waals surface area contributed by atoms with Crippen molar-refractivity contribution in [3.8, 4) is 0 Å². The van der Waals surface area contributed by atoms with Crippen LogP contribution in [0.3, 0.4) is 0 Å². The Labute approximate surface area is 95.9 Å². The van der Waals surface area contributed by atoms with E-state index in [4.69, 9.17) is 10.2 Å². The summed E-state index contributed by atoms with van der Waals surface area (Å²) in [6.07, 6.45) is 1.66. The van der Waals surface area contributed by atoms with Gasteiger partial charge in [-0.3, -0.25) is 0 Å². The van der Waals surface area contributed by atoms with Crippen LogP contribution in [0.5, 0.6) is 0 Å². The van der Waals surface area contributed by atoms with Gasteiger partial charge in [-0.2, -0.15) is 0 Å². The molecule has 0 aliphatic carbocycles. The van der Waals surface area contributed by atoms with Gasteiger partial charge in [0.1, 0.15) is 10.8 Å². The van der Waals surface area contributed by atoms with E-state index in [-0.39, 0.29) is 5.25 Å². The minimum Gasteiger partial charge on any atom is -0.468 e. The summed E-state index contributed by atoms with van der Waals surface area (Å²) in [5, 5.41) is 9.09. The molecule has 6 heteroatoms. The lowest BCUT2D eigenvalue weighted by Gasteiger charge is -2.08. The van der Waals surface area contributed by atoms with Gasteiger partial charge < -0.3 is 10.2 Å². The molecule has 4 nitrogen and oxygen atoms in total. The number of hydrogen-bond donors (Lipinski definition) is 1. The third kappa shape index (κ3) is 2.58. The van der Waals surface area contributed by atoms with Gasteiger partial charge in [-0.1, -0.05) is 23.1 Å². The average molecular weight is 241 g/mol. The molecule has 2 aromatic heterocycles. The zero-order valence-electron chi connectivity index (χ0n) is 8.21. The van der Waals surface area contributed by atoms with Gasteiger partial charge in [0.2, 0.25) is 0 Å². The molecule has 0 saturated heterocycles. The van der Waals surface area contributed by atoms with Crippen molar-refractivity contribution in [2.45, 2.75) is 16.5 Å². The lowest BCUT2D eigenvalue weighted by atomic mass is 10.3. The zero-order chi connectivity index (χ0) is 10.7. The first kappa shape index (κ1) is 10.7. The molecule has 15 heavy (non-hydrogen) atoms. The summed E-state index contributed by atoms with van der Waals surface area (Å²) >= 11 is 3.17. The Morgan fingerprint density at radius 3 is 3.00 bits per heavy atom. The standard InChI is InChI=1S/C9H11N3OS2/c1-6-11-12-9(14-6)15-8(5-10)7-3-2-4-13-7/h2-4,8H,5,10H2,1H3. The molecule has 0 aliphatic rings. The van der Waals surface area contributed by atoms with E-state index >= 15 is 0 Å². The van der Waals surface area contributed by atoms with Crippen LogP contribution in [0.2, 0.25) is 0 Å². The van der Waals surface area contributed by atoms with Crippen molar-refractivity contribution in [3.63, 3.8) is 0 Å². The fraction of sp³-hybridized carbons (Fsp3) is 0.333. The van der Waals surface area contributed by atoms with Gasteiger partial charge in [-0.05, 0) is 19.1 Å². The van der Waals surface area contributed by atoms with Gasteiger partial charge in [-0.25, -0.2) is 0 Å². The minimum atomic E-state index is 0.118. The number of nitrogens with two attached hydrogens (primary N) is 1. The highest BCUT2D eigenvalue weighted by molar-refractivity contribution is 8.01. The fourth-order valence-electron chi connectivity index (χ4n) is 1.14. The van der Waals surface area contributed by atoms with Crippen LogP contribution in [0, 0.1) is 6.92 Å². The smallest absolute Gasteiger partial charge is 0.175 e. The lowest BCUT2D eigenvalue weighted by Crippen LogP contribution is -2.08. The number of nitrogens with zero attached hydrogens (tertiary/aromatic N) is 2. The molecule has 0 radical (unpaired) electrons. The highest BCUT2D eigenvalue weighted by atomic mass is 32.2. The van der Waals surface area contributed by atoms with E-state index in [1.54, 1.807) is 29.4 Å². The predicted octanol–water partition coefficient (Wildman–Crippen LogP) is 2.23. The van der Waals surface area contributed by atoms with Gasteiger partial charge in [0.25, 0.3) is 0 Å². The molecule has 1 atom stereocenters. The molecule has 2 aromatic rings. The SMILES string of the molecule is Cc1nnc(SC(CN)c2ccco2)s1. The molecule has 0 spiro atoms. The van der Waals surface area contributed by atoms with Crippen LogP contribution in [-0.2, 0) is 0 Å². The molecule has 0 bridgehead atoms. The molecular weight excluding hydrogens is 230 g/mol. The number of rotatable bonds is 4. The molecule has 2 rings (SSSR count).